The average Bonchev–Trinajstić information content (AvgIpc) is 2.09. The van der Waals surface area contributed by atoms with Crippen molar-refractivity contribution in [3.05, 3.63) is 23.5 Å². The molecule has 0 saturated carbocycles. The van der Waals surface area contributed by atoms with Gasteiger partial charge in [0.25, 0.3) is 0 Å². The van der Waals surface area contributed by atoms with Crippen LogP contribution in [0.25, 0.3) is 0 Å². The van der Waals surface area contributed by atoms with Crippen molar-refractivity contribution in [1.82, 2.24) is 0 Å². The fourth-order valence-corrected chi connectivity index (χ4v) is 1.91. The maximum atomic E-state index is 11.9. The largest absolute Gasteiger partial charge is 0.507 e. The maximum Gasteiger partial charge on any atom is 0.168 e. The van der Waals surface area contributed by atoms with Crippen molar-refractivity contribution in [2.24, 2.45) is 5.41 Å². The van der Waals surface area contributed by atoms with Gasteiger partial charge in [-0.15, -0.1) is 0 Å². The van der Waals surface area contributed by atoms with E-state index in [1.165, 1.54) is 0 Å². The quantitative estimate of drug-likeness (QED) is 0.733. The molecule has 0 aromatic carbocycles. The lowest BCUT2D eigenvalue weighted by Crippen LogP contribution is -2.31. The number of ketones is 1. The molecular formula is C12H18O2. The zero-order valence-corrected chi connectivity index (χ0v) is 9.18. The van der Waals surface area contributed by atoms with Crippen molar-refractivity contribution in [3.8, 4) is 0 Å². The fourth-order valence-electron chi connectivity index (χ4n) is 1.91. The van der Waals surface area contributed by atoms with E-state index in [0.717, 1.165) is 6.42 Å². The van der Waals surface area contributed by atoms with Crippen molar-refractivity contribution < 1.29 is 9.90 Å². The van der Waals surface area contributed by atoms with Gasteiger partial charge < -0.3 is 5.11 Å². The number of aliphatic hydroxyl groups is 1. The van der Waals surface area contributed by atoms with Crippen LogP contribution in [0.2, 0.25) is 0 Å². The monoisotopic (exact) mass is 194 g/mol. The van der Waals surface area contributed by atoms with Gasteiger partial charge in [-0.1, -0.05) is 33.8 Å². The first-order valence-electron chi connectivity index (χ1n) is 5.05. The van der Waals surface area contributed by atoms with Crippen LogP contribution in [0.5, 0.6) is 0 Å². The van der Waals surface area contributed by atoms with Crippen molar-refractivity contribution in [1.29, 1.82) is 0 Å². The Labute approximate surface area is 85.3 Å². The van der Waals surface area contributed by atoms with Gasteiger partial charge in [-0.25, -0.2) is 0 Å². The molecule has 0 radical (unpaired) electrons. The summed E-state index contributed by atoms with van der Waals surface area (Å²) in [5, 5.41) is 9.73. The van der Waals surface area contributed by atoms with E-state index in [1.54, 1.807) is 0 Å². The average molecular weight is 194 g/mol. The van der Waals surface area contributed by atoms with Crippen LogP contribution in [-0.2, 0) is 4.79 Å². The summed E-state index contributed by atoms with van der Waals surface area (Å²) in [4.78, 5) is 11.9. The molecule has 0 aromatic heterocycles. The van der Waals surface area contributed by atoms with Crippen LogP contribution < -0.4 is 0 Å². The Morgan fingerprint density at radius 2 is 2.07 bits per heavy atom. The number of rotatable bonds is 2. The lowest BCUT2D eigenvalue weighted by molar-refractivity contribution is -0.124. The Hall–Kier alpha value is -1.05. The van der Waals surface area contributed by atoms with Crippen molar-refractivity contribution >= 4 is 5.78 Å². The van der Waals surface area contributed by atoms with Crippen LogP contribution in [0.15, 0.2) is 23.5 Å². The van der Waals surface area contributed by atoms with Crippen LogP contribution in [0.1, 0.15) is 40.0 Å². The summed E-state index contributed by atoms with van der Waals surface area (Å²) in [5.74, 6) is 0.209. The fraction of sp³-hybridized carbons (Fsp3) is 0.583. The smallest absolute Gasteiger partial charge is 0.168 e. The van der Waals surface area contributed by atoms with E-state index in [-0.39, 0.29) is 11.5 Å². The third-order valence-electron chi connectivity index (χ3n) is 2.66. The van der Waals surface area contributed by atoms with Gasteiger partial charge in [0.2, 0.25) is 0 Å². The van der Waals surface area contributed by atoms with Gasteiger partial charge in [0.1, 0.15) is 5.76 Å². The molecule has 0 aromatic rings. The molecular weight excluding hydrogens is 176 g/mol. The standard InChI is InChI=1S/C12H18O2/c1-5-6-9-10(13)8(2)7-12(3,4)11(9)14/h13H,2,5-7H2,1,3-4H3. The highest BCUT2D eigenvalue weighted by Crippen LogP contribution is 2.38. The maximum absolute atomic E-state index is 11.9. The molecule has 0 amide bonds. The van der Waals surface area contributed by atoms with E-state index in [9.17, 15) is 9.90 Å². The third kappa shape index (κ3) is 1.74. The summed E-state index contributed by atoms with van der Waals surface area (Å²) in [6.45, 7) is 9.61. The Balaban J connectivity index is 3.13. The van der Waals surface area contributed by atoms with Crippen LogP contribution in [-0.4, -0.2) is 10.9 Å². The van der Waals surface area contributed by atoms with Crippen LogP contribution in [0.4, 0.5) is 0 Å². The molecule has 14 heavy (non-hydrogen) atoms. The summed E-state index contributed by atoms with van der Waals surface area (Å²) in [6.07, 6.45) is 2.08. The molecule has 2 heteroatoms. The number of carbonyl (C=O) groups is 1. The number of hydrogen-bond acceptors (Lipinski definition) is 2. The van der Waals surface area contributed by atoms with Crippen LogP contribution >= 0.6 is 0 Å². The molecule has 1 N–H and O–H groups in total. The minimum atomic E-state index is -0.395. The molecule has 0 unspecified atom stereocenters. The molecule has 1 aliphatic carbocycles. The summed E-state index contributed by atoms with van der Waals surface area (Å²) < 4.78 is 0. The molecule has 0 bridgehead atoms. The van der Waals surface area contributed by atoms with Gasteiger partial charge in [-0.05, 0) is 18.4 Å². The van der Waals surface area contributed by atoms with Gasteiger partial charge in [-0.3, -0.25) is 4.79 Å². The van der Waals surface area contributed by atoms with Crippen LogP contribution in [0.3, 0.4) is 0 Å². The van der Waals surface area contributed by atoms with E-state index < -0.39 is 5.41 Å². The Bertz CT molecular complexity index is 308. The second kappa shape index (κ2) is 3.60. The summed E-state index contributed by atoms with van der Waals surface area (Å²) in [6, 6.07) is 0. The predicted molar refractivity (Wildman–Crippen MR) is 57.1 cm³/mol. The van der Waals surface area contributed by atoms with E-state index in [1.807, 2.05) is 20.8 Å². The van der Waals surface area contributed by atoms with Crippen molar-refractivity contribution in [2.45, 2.75) is 40.0 Å². The highest BCUT2D eigenvalue weighted by molar-refractivity contribution is 6.01. The summed E-state index contributed by atoms with van der Waals surface area (Å²) >= 11 is 0. The molecule has 0 atom stereocenters. The molecule has 0 fully saturated rings. The normalized spacial score (nSPS) is 21.6. The van der Waals surface area contributed by atoms with E-state index in [4.69, 9.17) is 0 Å². The van der Waals surface area contributed by atoms with Crippen molar-refractivity contribution in [2.75, 3.05) is 0 Å². The minimum Gasteiger partial charge on any atom is -0.507 e. The first kappa shape index (κ1) is 11.0. The SMILES string of the molecule is C=C1CC(C)(C)C(=O)C(CCC)=C1O. The van der Waals surface area contributed by atoms with Crippen molar-refractivity contribution in [3.63, 3.8) is 0 Å². The zero-order valence-electron chi connectivity index (χ0n) is 9.18. The molecule has 0 spiro atoms. The Kier molecular flexibility index (Phi) is 2.84. The topological polar surface area (TPSA) is 37.3 Å². The molecule has 1 rings (SSSR count). The lowest BCUT2D eigenvalue weighted by Gasteiger charge is -2.30. The molecule has 1 aliphatic rings. The second-order valence-corrected chi connectivity index (χ2v) is 4.57. The van der Waals surface area contributed by atoms with Gasteiger partial charge in [0.15, 0.2) is 5.78 Å². The summed E-state index contributed by atoms with van der Waals surface area (Å²) in [7, 11) is 0. The third-order valence-corrected chi connectivity index (χ3v) is 2.66. The molecule has 78 valence electrons. The minimum absolute atomic E-state index is 0.0734. The molecule has 0 heterocycles. The van der Waals surface area contributed by atoms with Gasteiger partial charge >= 0.3 is 0 Å². The van der Waals surface area contributed by atoms with Gasteiger partial charge in [0, 0.05) is 11.0 Å². The molecule has 0 aliphatic heterocycles. The zero-order chi connectivity index (χ0) is 10.9. The molecule has 0 saturated heterocycles. The van der Waals surface area contributed by atoms with Gasteiger partial charge in [0.05, 0.1) is 0 Å². The highest BCUT2D eigenvalue weighted by Gasteiger charge is 2.37. The van der Waals surface area contributed by atoms with E-state index >= 15 is 0 Å². The number of allylic oxidation sites excluding steroid dienone is 2. The number of aliphatic hydroxyl groups excluding tert-OH is 1. The number of carbonyl (C=O) groups excluding carboxylic acids is 1. The lowest BCUT2D eigenvalue weighted by atomic mass is 9.73. The first-order valence-corrected chi connectivity index (χ1v) is 5.05. The van der Waals surface area contributed by atoms with E-state index in [2.05, 4.69) is 6.58 Å². The van der Waals surface area contributed by atoms with Crippen LogP contribution in [0, 0.1) is 5.41 Å². The first-order chi connectivity index (χ1) is 6.40. The number of Topliss-reactive ketones (excluding diaryl/α,β-unsaturated/α-hetero) is 1. The highest BCUT2D eigenvalue weighted by atomic mass is 16.3. The Morgan fingerprint density at radius 3 is 2.57 bits per heavy atom. The van der Waals surface area contributed by atoms with E-state index in [0.29, 0.717) is 24.0 Å². The second-order valence-electron chi connectivity index (χ2n) is 4.57. The Morgan fingerprint density at radius 1 is 1.50 bits per heavy atom. The molecule has 2 nitrogen and oxygen atoms in total. The van der Waals surface area contributed by atoms with Gasteiger partial charge in [-0.2, -0.15) is 0 Å². The summed E-state index contributed by atoms with van der Waals surface area (Å²) in [5.41, 5.74) is 0.861. The number of hydrogen-bond donors (Lipinski definition) is 1. The predicted octanol–water partition coefficient (Wildman–Crippen LogP) is 3.15.